The summed E-state index contributed by atoms with van der Waals surface area (Å²) in [6.45, 7) is 3.11. The molecular weight excluding hydrogens is 443 g/mol. The summed E-state index contributed by atoms with van der Waals surface area (Å²) in [7, 11) is -6.68. The molecule has 7 nitrogen and oxygen atoms in total. The lowest BCUT2D eigenvalue weighted by Gasteiger charge is -2.15. The fourth-order valence-corrected chi connectivity index (χ4v) is 5.37. The van der Waals surface area contributed by atoms with Gasteiger partial charge in [0.05, 0.1) is 28.3 Å². The van der Waals surface area contributed by atoms with Crippen LogP contribution in [0.25, 0.3) is 0 Å². The molecule has 0 unspecified atom stereocenters. The van der Waals surface area contributed by atoms with Gasteiger partial charge in [-0.25, -0.2) is 21.2 Å². The summed E-state index contributed by atoms with van der Waals surface area (Å²) < 4.78 is 74.7. The lowest BCUT2D eigenvalue weighted by molar-refractivity contribution is 0.417. The number of anilines is 2. The van der Waals surface area contributed by atoms with E-state index in [4.69, 9.17) is 4.74 Å². The SMILES string of the molecule is COc1ccccc1NS(=O)(=O)c1ccc(C)c(NS(=O)(=O)c2ccc(F)cc2C)c1. The van der Waals surface area contributed by atoms with Crippen molar-refractivity contribution in [3.05, 3.63) is 77.6 Å². The molecule has 0 aromatic heterocycles. The first-order valence-corrected chi connectivity index (χ1v) is 12.1. The van der Waals surface area contributed by atoms with Gasteiger partial charge in [-0.15, -0.1) is 0 Å². The Labute approximate surface area is 181 Å². The first-order chi connectivity index (χ1) is 14.5. The van der Waals surface area contributed by atoms with Gasteiger partial charge in [0, 0.05) is 0 Å². The molecule has 10 heteroatoms. The van der Waals surface area contributed by atoms with E-state index < -0.39 is 25.9 Å². The van der Waals surface area contributed by atoms with E-state index in [-0.39, 0.29) is 26.7 Å². The minimum atomic E-state index is -4.07. The first kappa shape index (κ1) is 22.6. The number of hydrogen-bond donors (Lipinski definition) is 2. The molecule has 2 N–H and O–H groups in total. The fourth-order valence-electron chi connectivity index (χ4n) is 2.92. The number of rotatable bonds is 7. The van der Waals surface area contributed by atoms with Gasteiger partial charge in [0.25, 0.3) is 20.0 Å². The van der Waals surface area contributed by atoms with Crippen LogP contribution >= 0.6 is 0 Å². The molecule has 0 saturated carbocycles. The van der Waals surface area contributed by atoms with Gasteiger partial charge in [-0.1, -0.05) is 18.2 Å². The maximum Gasteiger partial charge on any atom is 0.262 e. The third kappa shape index (κ3) is 4.97. The summed E-state index contributed by atoms with van der Waals surface area (Å²) in [5.74, 6) is -0.214. The molecule has 31 heavy (non-hydrogen) atoms. The number of nitrogens with one attached hydrogen (secondary N) is 2. The van der Waals surface area contributed by atoms with Crippen molar-refractivity contribution in [2.75, 3.05) is 16.6 Å². The second-order valence-corrected chi connectivity index (χ2v) is 10.1. The maximum absolute atomic E-state index is 13.3. The van der Waals surface area contributed by atoms with E-state index >= 15 is 0 Å². The van der Waals surface area contributed by atoms with Crippen LogP contribution in [0.2, 0.25) is 0 Å². The molecule has 0 saturated heterocycles. The van der Waals surface area contributed by atoms with Crippen LogP contribution in [0.4, 0.5) is 15.8 Å². The van der Waals surface area contributed by atoms with Crippen molar-refractivity contribution in [1.29, 1.82) is 0 Å². The summed E-state index contributed by atoms with van der Waals surface area (Å²) in [5, 5.41) is 0. The largest absolute Gasteiger partial charge is 0.495 e. The Hall–Kier alpha value is -3.11. The van der Waals surface area contributed by atoms with E-state index in [2.05, 4.69) is 9.44 Å². The molecule has 3 aromatic rings. The minimum Gasteiger partial charge on any atom is -0.495 e. The van der Waals surface area contributed by atoms with E-state index in [0.29, 0.717) is 11.3 Å². The zero-order valence-corrected chi connectivity index (χ0v) is 18.6. The second kappa shape index (κ2) is 8.56. The quantitative estimate of drug-likeness (QED) is 0.549. The van der Waals surface area contributed by atoms with Gasteiger partial charge in [0.1, 0.15) is 11.6 Å². The molecule has 0 aliphatic carbocycles. The predicted molar refractivity (Wildman–Crippen MR) is 117 cm³/mol. The number of ether oxygens (including phenoxy) is 1. The van der Waals surface area contributed by atoms with Gasteiger partial charge in [-0.2, -0.15) is 0 Å². The predicted octanol–water partition coefficient (Wildman–Crippen LogP) is 4.05. The molecule has 164 valence electrons. The third-order valence-corrected chi connectivity index (χ3v) is 7.43. The highest BCUT2D eigenvalue weighted by molar-refractivity contribution is 7.93. The van der Waals surface area contributed by atoms with Crippen LogP contribution in [0.5, 0.6) is 5.75 Å². The van der Waals surface area contributed by atoms with Crippen LogP contribution in [-0.2, 0) is 20.0 Å². The van der Waals surface area contributed by atoms with E-state index in [1.807, 2.05) is 0 Å². The normalized spacial score (nSPS) is 11.7. The number of benzene rings is 3. The lowest BCUT2D eigenvalue weighted by Crippen LogP contribution is -2.17. The van der Waals surface area contributed by atoms with Gasteiger partial charge in [0.2, 0.25) is 0 Å². The number of sulfonamides is 2. The zero-order valence-electron chi connectivity index (χ0n) is 17.0. The Morgan fingerprint density at radius 1 is 0.774 bits per heavy atom. The number of hydrogen-bond acceptors (Lipinski definition) is 5. The minimum absolute atomic E-state index is 0.0895. The van der Waals surface area contributed by atoms with Crippen LogP contribution in [0.3, 0.4) is 0 Å². The lowest BCUT2D eigenvalue weighted by atomic mass is 10.2. The average Bonchev–Trinajstić information content (AvgIpc) is 2.69. The highest BCUT2D eigenvalue weighted by atomic mass is 32.2. The van der Waals surface area contributed by atoms with E-state index in [1.54, 1.807) is 31.2 Å². The number of methoxy groups -OCH3 is 1. The first-order valence-electron chi connectivity index (χ1n) is 9.09. The monoisotopic (exact) mass is 464 g/mol. The van der Waals surface area contributed by atoms with Crippen LogP contribution in [0, 0.1) is 19.7 Å². The summed E-state index contributed by atoms with van der Waals surface area (Å²) >= 11 is 0. The third-order valence-electron chi connectivity index (χ3n) is 4.54. The molecule has 0 heterocycles. The maximum atomic E-state index is 13.3. The highest BCUT2D eigenvalue weighted by Gasteiger charge is 2.21. The smallest absolute Gasteiger partial charge is 0.262 e. The van der Waals surface area contributed by atoms with Crippen molar-refractivity contribution in [2.24, 2.45) is 0 Å². The summed E-state index contributed by atoms with van der Waals surface area (Å²) in [5.41, 5.74) is 1.08. The molecular formula is C21H21FN2O5S2. The Morgan fingerprint density at radius 3 is 2.13 bits per heavy atom. The Kier molecular flexibility index (Phi) is 6.23. The van der Waals surface area contributed by atoms with Crippen molar-refractivity contribution >= 4 is 31.4 Å². The van der Waals surface area contributed by atoms with Gasteiger partial charge in [-0.3, -0.25) is 9.44 Å². The molecule has 0 fully saturated rings. The van der Waals surface area contributed by atoms with Gasteiger partial charge >= 0.3 is 0 Å². The molecule has 0 radical (unpaired) electrons. The molecule has 3 aromatic carbocycles. The molecule has 0 aliphatic rings. The zero-order chi connectivity index (χ0) is 22.8. The summed E-state index contributed by atoms with van der Waals surface area (Å²) in [6, 6.07) is 13.9. The highest BCUT2D eigenvalue weighted by Crippen LogP contribution is 2.29. The van der Waals surface area contributed by atoms with Crippen molar-refractivity contribution in [3.8, 4) is 5.75 Å². The molecule has 0 atom stereocenters. The van der Waals surface area contributed by atoms with E-state index in [9.17, 15) is 21.2 Å². The second-order valence-electron chi connectivity index (χ2n) is 6.80. The van der Waals surface area contributed by atoms with Crippen LogP contribution < -0.4 is 14.2 Å². The van der Waals surface area contributed by atoms with Crippen LogP contribution in [0.1, 0.15) is 11.1 Å². The van der Waals surface area contributed by atoms with Crippen LogP contribution in [-0.4, -0.2) is 23.9 Å². The number of para-hydroxylation sites is 2. The van der Waals surface area contributed by atoms with Gasteiger partial charge in [0.15, 0.2) is 0 Å². The Balaban J connectivity index is 1.96. The fraction of sp³-hybridized carbons (Fsp3) is 0.143. The number of halogens is 1. The topological polar surface area (TPSA) is 102 Å². The summed E-state index contributed by atoms with van der Waals surface area (Å²) in [4.78, 5) is -0.244. The number of aryl methyl sites for hydroxylation is 2. The van der Waals surface area contributed by atoms with Gasteiger partial charge in [-0.05, 0) is 67.4 Å². The van der Waals surface area contributed by atoms with E-state index in [1.165, 1.54) is 32.2 Å². The molecule has 0 bridgehead atoms. The molecule has 0 amide bonds. The van der Waals surface area contributed by atoms with Gasteiger partial charge < -0.3 is 4.74 Å². The van der Waals surface area contributed by atoms with E-state index in [0.717, 1.165) is 18.2 Å². The Morgan fingerprint density at radius 2 is 1.45 bits per heavy atom. The molecule has 0 spiro atoms. The van der Waals surface area contributed by atoms with Crippen molar-refractivity contribution in [1.82, 2.24) is 0 Å². The summed E-state index contributed by atoms with van der Waals surface area (Å²) in [6.07, 6.45) is 0. The molecule has 0 aliphatic heterocycles. The molecule has 3 rings (SSSR count). The van der Waals surface area contributed by atoms with Crippen molar-refractivity contribution < 1.29 is 26.0 Å². The standard InChI is InChI=1S/C21H21FN2O5S2/c1-14-8-10-17(30(25,26)23-18-6-4-5-7-20(18)29-3)13-19(14)24-31(27,28)21-11-9-16(22)12-15(21)2/h4-13,23-24H,1-3H3. The van der Waals surface area contributed by atoms with Crippen molar-refractivity contribution in [2.45, 2.75) is 23.6 Å². The van der Waals surface area contributed by atoms with Crippen LogP contribution in [0.15, 0.2) is 70.5 Å². The Bertz CT molecular complexity index is 1340. The average molecular weight is 465 g/mol. The van der Waals surface area contributed by atoms with Crippen molar-refractivity contribution in [3.63, 3.8) is 0 Å².